The highest BCUT2D eigenvalue weighted by atomic mass is 32.1. The van der Waals surface area contributed by atoms with E-state index in [1.807, 2.05) is 19.1 Å². The zero-order valence-corrected chi connectivity index (χ0v) is 15.3. The van der Waals surface area contributed by atoms with Crippen molar-refractivity contribution >= 4 is 28.6 Å². The van der Waals surface area contributed by atoms with Crippen molar-refractivity contribution < 1.29 is 4.79 Å². The Hall–Kier alpha value is -1.88. The second kappa shape index (κ2) is 7.79. The zero-order valence-electron chi connectivity index (χ0n) is 14.5. The van der Waals surface area contributed by atoms with Crippen LogP contribution in [0.4, 0.5) is 11.4 Å². The van der Waals surface area contributed by atoms with Gasteiger partial charge >= 0.3 is 0 Å². The predicted octanol–water partition coefficient (Wildman–Crippen LogP) is 4.32. The largest absolute Gasteiger partial charge is 0.372 e. The SMILES string of the molecule is Cc1nc(CCC(=O)Nc2ccc(N3CCCCC3)cc2)sc1C. The van der Waals surface area contributed by atoms with E-state index in [-0.39, 0.29) is 5.91 Å². The minimum atomic E-state index is 0.0474. The Morgan fingerprint density at radius 2 is 1.88 bits per heavy atom. The Balaban J connectivity index is 1.50. The van der Waals surface area contributed by atoms with Gasteiger partial charge in [-0.3, -0.25) is 4.79 Å². The molecular weight excluding hydrogens is 318 g/mol. The van der Waals surface area contributed by atoms with E-state index >= 15 is 0 Å². The van der Waals surface area contributed by atoms with E-state index < -0.39 is 0 Å². The first-order valence-electron chi connectivity index (χ1n) is 8.69. The molecule has 0 atom stereocenters. The van der Waals surface area contributed by atoms with Crippen LogP contribution in [0, 0.1) is 13.8 Å². The maximum absolute atomic E-state index is 12.1. The number of aryl methyl sites for hydroxylation is 3. The summed E-state index contributed by atoms with van der Waals surface area (Å²) in [5.41, 5.74) is 3.19. The highest BCUT2D eigenvalue weighted by Gasteiger charge is 2.11. The molecule has 1 amide bonds. The van der Waals surface area contributed by atoms with E-state index in [9.17, 15) is 4.79 Å². The molecule has 1 saturated heterocycles. The van der Waals surface area contributed by atoms with Crippen LogP contribution < -0.4 is 10.2 Å². The molecule has 0 saturated carbocycles. The first kappa shape index (κ1) is 17.0. The molecule has 0 aliphatic carbocycles. The van der Waals surface area contributed by atoms with Gasteiger partial charge in [0.1, 0.15) is 0 Å². The molecule has 1 N–H and O–H groups in total. The number of benzene rings is 1. The summed E-state index contributed by atoms with van der Waals surface area (Å²) in [7, 11) is 0. The van der Waals surface area contributed by atoms with Gasteiger partial charge in [0.15, 0.2) is 0 Å². The molecule has 4 nitrogen and oxygen atoms in total. The minimum Gasteiger partial charge on any atom is -0.372 e. The fourth-order valence-corrected chi connectivity index (χ4v) is 3.93. The van der Waals surface area contributed by atoms with Crippen molar-refractivity contribution in [2.75, 3.05) is 23.3 Å². The third-order valence-corrected chi connectivity index (χ3v) is 5.64. The maximum atomic E-state index is 12.1. The van der Waals surface area contributed by atoms with Crippen LogP contribution in [0.25, 0.3) is 0 Å². The van der Waals surface area contributed by atoms with Gasteiger partial charge in [0.2, 0.25) is 5.91 Å². The van der Waals surface area contributed by atoms with Crippen LogP contribution in [0.5, 0.6) is 0 Å². The number of aromatic nitrogens is 1. The fraction of sp³-hybridized carbons (Fsp3) is 0.474. The average Bonchev–Trinajstić information content (AvgIpc) is 2.93. The van der Waals surface area contributed by atoms with Gasteiger partial charge in [-0.1, -0.05) is 0 Å². The van der Waals surface area contributed by atoms with Gasteiger partial charge in [-0.05, 0) is 57.4 Å². The third kappa shape index (κ3) is 4.35. The quantitative estimate of drug-likeness (QED) is 0.879. The van der Waals surface area contributed by atoms with Gasteiger partial charge in [-0.25, -0.2) is 4.98 Å². The third-order valence-electron chi connectivity index (χ3n) is 4.51. The van der Waals surface area contributed by atoms with E-state index in [4.69, 9.17) is 0 Å². The highest BCUT2D eigenvalue weighted by Crippen LogP contribution is 2.22. The lowest BCUT2D eigenvalue weighted by Gasteiger charge is -2.28. The highest BCUT2D eigenvalue weighted by molar-refractivity contribution is 7.11. The second-order valence-corrected chi connectivity index (χ2v) is 7.68. The van der Waals surface area contributed by atoms with Gasteiger partial charge in [-0.15, -0.1) is 11.3 Å². The molecule has 1 aliphatic heterocycles. The molecule has 3 rings (SSSR count). The molecule has 2 heterocycles. The summed E-state index contributed by atoms with van der Waals surface area (Å²) in [6.45, 7) is 6.36. The number of rotatable bonds is 5. The summed E-state index contributed by atoms with van der Waals surface area (Å²) < 4.78 is 0. The first-order valence-corrected chi connectivity index (χ1v) is 9.51. The minimum absolute atomic E-state index is 0.0474. The Morgan fingerprint density at radius 3 is 2.50 bits per heavy atom. The number of carbonyl (C=O) groups excluding carboxylic acids is 1. The number of hydrogen-bond acceptors (Lipinski definition) is 4. The van der Waals surface area contributed by atoms with Crippen molar-refractivity contribution in [2.45, 2.75) is 46.0 Å². The molecule has 128 valence electrons. The summed E-state index contributed by atoms with van der Waals surface area (Å²) in [6.07, 6.45) is 5.06. The number of hydrogen-bond donors (Lipinski definition) is 1. The van der Waals surface area contributed by atoms with Crippen molar-refractivity contribution in [3.63, 3.8) is 0 Å². The van der Waals surface area contributed by atoms with Gasteiger partial charge in [-0.2, -0.15) is 0 Å². The first-order chi connectivity index (χ1) is 11.6. The molecule has 0 spiro atoms. The van der Waals surface area contributed by atoms with Crippen LogP contribution in [0.3, 0.4) is 0 Å². The lowest BCUT2D eigenvalue weighted by molar-refractivity contribution is -0.116. The van der Waals surface area contributed by atoms with Crippen LogP contribution >= 0.6 is 11.3 Å². The number of carbonyl (C=O) groups is 1. The summed E-state index contributed by atoms with van der Waals surface area (Å²) >= 11 is 1.68. The molecule has 0 bridgehead atoms. The van der Waals surface area contributed by atoms with E-state index in [0.717, 1.165) is 29.5 Å². The molecule has 24 heavy (non-hydrogen) atoms. The number of nitrogens with one attached hydrogen (secondary N) is 1. The molecule has 0 unspecified atom stereocenters. The predicted molar refractivity (Wildman–Crippen MR) is 101 cm³/mol. The number of thiazole rings is 1. The Bertz CT molecular complexity index is 668. The number of nitrogens with zero attached hydrogens (tertiary/aromatic N) is 2. The van der Waals surface area contributed by atoms with E-state index in [2.05, 4.69) is 34.3 Å². The molecule has 1 aliphatic rings. The molecule has 2 aromatic rings. The monoisotopic (exact) mass is 343 g/mol. The van der Waals surface area contributed by atoms with Crippen LogP contribution in [0.15, 0.2) is 24.3 Å². The van der Waals surface area contributed by atoms with Gasteiger partial charge in [0.25, 0.3) is 0 Å². The van der Waals surface area contributed by atoms with Gasteiger partial charge in [0, 0.05) is 42.2 Å². The smallest absolute Gasteiger partial charge is 0.224 e. The molecule has 1 aromatic heterocycles. The van der Waals surface area contributed by atoms with E-state index in [1.54, 1.807) is 11.3 Å². The molecule has 5 heteroatoms. The van der Waals surface area contributed by atoms with Crippen LogP contribution in [0.2, 0.25) is 0 Å². The number of anilines is 2. The standard InChI is InChI=1S/C19H25N3OS/c1-14-15(2)24-19(20-14)11-10-18(23)21-16-6-8-17(9-7-16)22-12-4-3-5-13-22/h6-9H,3-5,10-13H2,1-2H3,(H,21,23). The molecule has 0 radical (unpaired) electrons. The number of amides is 1. The Labute approximate surface area is 147 Å². The van der Waals surface area contributed by atoms with Crippen molar-refractivity contribution in [2.24, 2.45) is 0 Å². The summed E-state index contributed by atoms with van der Waals surface area (Å²) in [6, 6.07) is 8.21. The molecule has 1 fully saturated rings. The average molecular weight is 343 g/mol. The van der Waals surface area contributed by atoms with Crippen molar-refractivity contribution in [1.29, 1.82) is 0 Å². The lowest BCUT2D eigenvalue weighted by Crippen LogP contribution is -2.29. The topological polar surface area (TPSA) is 45.2 Å². The molecule has 1 aromatic carbocycles. The summed E-state index contributed by atoms with van der Waals surface area (Å²) in [4.78, 5) is 20.3. The van der Waals surface area contributed by atoms with Crippen molar-refractivity contribution in [3.8, 4) is 0 Å². The normalized spacial score (nSPS) is 14.7. The molecular formula is C19H25N3OS. The number of piperidine rings is 1. The Morgan fingerprint density at radius 1 is 1.17 bits per heavy atom. The second-order valence-electron chi connectivity index (χ2n) is 6.39. The summed E-state index contributed by atoms with van der Waals surface area (Å²) in [5.74, 6) is 0.0474. The lowest BCUT2D eigenvalue weighted by atomic mass is 10.1. The van der Waals surface area contributed by atoms with Crippen LogP contribution in [-0.4, -0.2) is 24.0 Å². The Kier molecular flexibility index (Phi) is 5.51. The fourth-order valence-electron chi connectivity index (χ4n) is 3.00. The van der Waals surface area contributed by atoms with E-state index in [1.165, 1.54) is 29.8 Å². The summed E-state index contributed by atoms with van der Waals surface area (Å²) in [5, 5.41) is 4.03. The van der Waals surface area contributed by atoms with E-state index in [0.29, 0.717) is 12.8 Å². The van der Waals surface area contributed by atoms with Crippen LogP contribution in [0.1, 0.15) is 41.3 Å². The van der Waals surface area contributed by atoms with Gasteiger partial charge in [0.05, 0.1) is 10.7 Å². The zero-order chi connectivity index (χ0) is 16.9. The van der Waals surface area contributed by atoms with Crippen molar-refractivity contribution in [3.05, 3.63) is 39.8 Å². The van der Waals surface area contributed by atoms with Crippen molar-refractivity contribution in [1.82, 2.24) is 4.98 Å². The maximum Gasteiger partial charge on any atom is 0.224 e. The van der Waals surface area contributed by atoms with Crippen LogP contribution in [-0.2, 0) is 11.2 Å². The van der Waals surface area contributed by atoms with Gasteiger partial charge < -0.3 is 10.2 Å².